The van der Waals surface area contributed by atoms with Crippen LogP contribution in [0.3, 0.4) is 0 Å². The predicted molar refractivity (Wildman–Crippen MR) is 126 cm³/mol. The number of carbonyl (C=O) groups is 2. The second kappa shape index (κ2) is 9.04. The van der Waals surface area contributed by atoms with Gasteiger partial charge in [-0.05, 0) is 27.2 Å². The summed E-state index contributed by atoms with van der Waals surface area (Å²) in [6.45, 7) is 8.45. The van der Waals surface area contributed by atoms with Gasteiger partial charge in [-0.25, -0.2) is 4.79 Å². The number of fused-ring (bicyclic) bond motifs is 1. The lowest BCUT2D eigenvalue weighted by atomic mass is 10.2. The van der Waals surface area contributed by atoms with E-state index in [0.29, 0.717) is 49.5 Å². The summed E-state index contributed by atoms with van der Waals surface area (Å²) in [5.74, 6) is -0.621. The smallest absolute Gasteiger partial charge is 0.410 e. The molecule has 0 saturated carbocycles. The molecular formula is C22H30N8O5. The van der Waals surface area contributed by atoms with Crippen molar-refractivity contribution < 1.29 is 19.4 Å². The van der Waals surface area contributed by atoms with Gasteiger partial charge < -0.3 is 24.2 Å². The van der Waals surface area contributed by atoms with Crippen LogP contribution in [0.15, 0.2) is 17.2 Å². The Balaban J connectivity index is 1.75. The average Bonchev–Trinajstić information content (AvgIpc) is 3.41. The van der Waals surface area contributed by atoms with Gasteiger partial charge >= 0.3 is 12.1 Å². The van der Waals surface area contributed by atoms with Gasteiger partial charge in [-0.3, -0.25) is 14.3 Å². The zero-order chi connectivity index (χ0) is 25.5. The zero-order valence-corrected chi connectivity index (χ0v) is 20.6. The molecule has 0 radical (unpaired) electrons. The van der Waals surface area contributed by atoms with Crippen LogP contribution in [0.1, 0.15) is 33.4 Å². The Morgan fingerprint density at radius 1 is 1.17 bits per heavy atom. The van der Waals surface area contributed by atoms with E-state index in [2.05, 4.69) is 15.2 Å². The van der Waals surface area contributed by atoms with Crippen molar-refractivity contribution in [1.29, 1.82) is 0 Å². The number of anilines is 1. The van der Waals surface area contributed by atoms with E-state index < -0.39 is 17.7 Å². The largest absolute Gasteiger partial charge is 0.480 e. The van der Waals surface area contributed by atoms with Gasteiger partial charge in [-0.1, -0.05) is 6.92 Å². The number of carboxylic acids is 1. The molecule has 0 aromatic carbocycles. The van der Waals surface area contributed by atoms with Crippen LogP contribution >= 0.6 is 0 Å². The highest BCUT2D eigenvalue weighted by Gasteiger charge is 2.30. The van der Waals surface area contributed by atoms with E-state index in [1.807, 2.05) is 32.6 Å². The van der Waals surface area contributed by atoms with Crippen LogP contribution in [0.25, 0.3) is 17.2 Å². The number of hydrogen-bond donors (Lipinski definition) is 1. The third kappa shape index (κ3) is 4.84. The lowest BCUT2D eigenvalue weighted by Crippen LogP contribution is -2.51. The van der Waals surface area contributed by atoms with Crippen LogP contribution in [0.4, 0.5) is 10.5 Å². The molecule has 1 fully saturated rings. The molecule has 1 saturated heterocycles. The van der Waals surface area contributed by atoms with Crippen LogP contribution in [-0.2, 0) is 29.5 Å². The lowest BCUT2D eigenvalue weighted by molar-refractivity contribution is -0.137. The molecule has 3 aromatic rings. The molecule has 1 amide bonds. The van der Waals surface area contributed by atoms with Crippen LogP contribution in [0.5, 0.6) is 0 Å². The number of nitrogens with zero attached hydrogens (tertiary/aromatic N) is 8. The second-order valence-corrected chi connectivity index (χ2v) is 9.44. The van der Waals surface area contributed by atoms with Crippen LogP contribution in [0, 0.1) is 0 Å². The Bertz CT molecular complexity index is 1320. The lowest BCUT2D eigenvalue weighted by Gasteiger charge is -2.37. The van der Waals surface area contributed by atoms with E-state index in [9.17, 15) is 19.5 Å². The van der Waals surface area contributed by atoms with E-state index in [-0.39, 0.29) is 23.7 Å². The van der Waals surface area contributed by atoms with Crippen molar-refractivity contribution in [3.63, 3.8) is 0 Å². The first kappa shape index (κ1) is 24.2. The van der Waals surface area contributed by atoms with Gasteiger partial charge in [0, 0.05) is 39.4 Å². The van der Waals surface area contributed by atoms with E-state index in [1.54, 1.807) is 29.0 Å². The summed E-state index contributed by atoms with van der Waals surface area (Å²) in [5.41, 5.74) is 0.557. The molecule has 188 valence electrons. The molecule has 0 bridgehead atoms. The summed E-state index contributed by atoms with van der Waals surface area (Å²) < 4.78 is 9.73. The van der Waals surface area contributed by atoms with Gasteiger partial charge in [-0.15, -0.1) is 5.10 Å². The molecular weight excluding hydrogens is 456 g/mol. The fourth-order valence-corrected chi connectivity index (χ4v) is 4.16. The number of piperazine rings is 1. The number of amides is 1. The number of aromatic nitrogens is 6. The molecule has 1 aliphatic heterocycles. The van der Waals surface area contributed by atoms with Gasteiger partial charge in [0.2, 0.25) is 5.78 Å². The van der Waals surface area contributed by atoms with E-state index in [4.69, 9.17) is 4.74 Å². The van der Waals surface area contributed by atoms with Gasteiger partial charge in [0.25, 0.3) is 5.56 Å². The fourth-order valence-electron chi connectivity index (χ4n) is 4.16. The minimum atomic E-state index is -1.06. The third-order valence-corrected chi connectivity index (χ3v) is 5.66. The molecule has 0 aliphatic carbocycles. The number of carbonyl (C=O) groups excluding carboxylic acids is 1. The third-order valence-electron chi connectivity index (χ3n) is 5.66. The van der Waals surface area contributed by atoms with Crippen molar-refractivity contribution in [2.75, 3.05) is 31.1 Å². The minimum absolute atomic E-state index is 0.157. The first-order valence-corrected chi connectivity index (χ1v) is 11.4. The van der Waals surface area contributed by atoms with E-state index in [0.717, 1.165) is 4.52 Å². The Hall–Kier alpha value is -3.90. The zero-order valence-electron chi connectivity index (χ0n) is 20.6. The van der Waals surface area contributed by atoms with E-state index >= 15 is 0 Å². The number of aliphatic carboxylic acids is 1. The van der Waals surface area contributed by atoms with Crippen molar-refractivity contribution in [3.8, 4) is 11.4 Å². The minimum Gasteiger partial charge on any atom is -0.480 e. The number of rotatable bonds is 5. The highest BCUT2D eigenvalue weighted by molar-refractivity contribution is 5.70. The summed E-state index contributed by atoms with van der Waals surface area (Å²) in [5, 5.41) is 18.1. The Labute approximate surface area is 201 Å². The summed E-state index contributed by atoms with van der Waals surface area (Å²) in [4.78, 5) is 45.8. The standard InChI is InChI=1S/C22H30N8O5/c1-6-15-17(27-7-9-28(10-8-27)21(34)35-22(2,3)4)19(33)30-20(29(15)13-16(31)32)24-18(25-30)14-11-23-26(5)12-14/h11-12H,6-10,13H2,1-5H3,(H,31,32). The van der Waals surface area contributed by atoms with Crippen LogP contribution in [0.2, 0.25) is 0 Å². The molecule has 0 spiro atoms. The topological polar surface area (TPSA) is 140 Å². The Kier molecular flexibility index (Phi) is 6.26. The first-order chi connectivity index (χ1) is 16.5. The quantitative estimate of drug-likeness (QED) is 0.559. The predicted octanol–water partition coefficient (Wildman–Crippen LogP) is 0.996. The van der Waals surface area contributed by atoms with Crippen molar-refractivity contribution in [3.05, 3.63) is 28.4 Å². The summed E-state index contributed by atoms with van der Waals surface area (Å²) >= 11 is 0. The maximum atomic E-state index is 13.6. The summed E-state index contributed by atoms with van der Waals surface area (Å²) in [7, 11) is 1.76. The molecule has 4 rings (SSSR count). The number of hydrogen-bond acceptors (Lipinski definition) is 8. The maximum absolute atomic E-state index is 13.6. The molecule has 1 N–H and O–H groups in total. The van der Waals surface area contributed by atoms with Gasteiger partial charge in [0.15, 0.2) is 5.82 Å². The van der Waals surface area contributed by atoms with Crippen LogP contribution in [-0.4, -0.2) is 82.8 Å². The van der Waals surface area contributed by atoms with Gasteiger partial charge in [-0.2, -0.15) is 14.6 Å². The molecule has 1 aliphatic rings. The average molecular weight is 487 g/mol. The Morgan fingerprint density at radius 3 is 2.40 bits per heavy atom. The summed E-state index contributed by atoms with van der Waals surface area (Å²) in [6, 6.07) is 0. The maximum Gasteiger partial charge on any atom is 0.410 e. The van der Waals surface area contributed by atoms with Crippen molar-refractivity contribution in [2.45, 2.75) is 46.3 Å². The van der Waals surface area contributed by atoms with Crippen molar-refractivity contribution in [2.24, 2.45) is 7.05 Å². The Morgan fingerprint density at radius 2 is 1.86 bits per heavy atom. The molecule has 0 atom stereocenters. The monoisotopic (exact) mass is 486 g/mol. The highest BCUT2D eigenvalue weighted by atomic mass is 16.6. The van der Waals surface area contributed by atoms with Crippen LogP contribution < -0.4 is 10.5 Å². The molecule has 4 heterocycles. The molecule has 0 unspecified atom stereocenters. The van der Waals surface area contributed by atoms with Gasteiger partial charge in [0.05, 0.1) is 17.5 Å². The van der Waals surface area contributed by atoms with Crippen molar-refractivity contribution >= 4 is 23.5 Å². The first-order valence-electron chi connectivity index (χ1n) is 11.4. The fraction of sp³-hybridized carbons (Fsp3) is 0.545. The summed E-state index contributed by atoms with van der Waals surface area (Å²) in [6.07, 6.45) is 3.32. The molecule has 3 aromatic heterocycles. The SMILES string of the molecule is CCc1c(N2CCN(C(=O)OC(C)(C)C)CC2)c(=O)n2nc(-c3cnn(C)c3)nc2n1CC(=O)O. The molecule has 35 heavy (non-hydrogen) atoms. The van der Waals surface area contributed by atoms with E-state index in [1.165, 1.54) is 4.57 Å². The number of ether oxygens (including phenoxy) is 1. The molecule has 13 heteroatoms. The highest BCUT2D eigenvalue weighted by Crippen LogP contribution is 2.23. The normalized spacial score (nSPS) is 14.5. The number of aryl methyl sites for hydroxylation is 1. The molecule has 13 nitrogen and oxygen atoms in total. The van der Waals surface area contributed by atoms with Gasteiger partial charge in [0.1, 0.15) is 17.8 Å². The van der Waals surface area contributed by atoms with Crippen molar-refractivity contribution in [1.82, 2.24) is 33.8 Å². The second-order valence-electron chi connectivity index (χ2n) is 9.44. The number of carboxylic acid groups (broad SMARTS) is 1.